The van der Waals surface area contributed by atoms with Crippen molar-refractivity contribution in [2.45, 2.75) is 39.8 Å². The summed E-state index contributed by atoms with van der Waals surface area (Å²) in [5.74, 6) is 1.58. The van der Waals surface area contributed by atoms with Crippen LogP contribution in [0.2, 0.25) is 0 Å². The van der Waals surface area contributed by atoms with Gasteiger partial charge in [0.15, 0.2) is 0 Å². The summed E-state index contributed by atoms with van der Waals surface area (Å²) in [6, 6.07) is 5.92. The van der Waals surface area contributed by atoms with Crippen molar-refractivity contribution in [2.75, 3.05) is 30.5 Å². The Bertz CT molecular complexity index is 423. The van der Waals surface area contributed by atoms with Crippen LogP contribution >= 0.6 is 11.8 Å². The summed E-state index contributed by atoms with van der Waals surface area (Å²) in [7, 11) is 1.97. The number of nitrogens with zero attached hydrogens (tertiary/aromatic N) is 1. The van der Waals surface area contributed by atoms with Gasteiger partial charge in [0.25, 0.3) is 0 Å². The summed E-state index contributed by atoms with van der Waals surface area (Å²) in [6.45, 7) is 8.16. The molecule has 0 aliphatic rings. The average molecular weight is 312 g/mol. The van der Waals surface area contributed by atoms with E-state index >= 15 is 0 Å². The van der Waals surface area contributed by atoms with Gasteiger partial charge in [0, 0.05) is 19.6 Å². The number of benzene rings is 1. The van der Waals surface area contributed by atoms with Gasteiger partial charge in [-0.15, -0.1) is 0 Å². The van der Waals surface area contributed by atoms with Gasteiger partial charge in [-0.1, -0.05) is 19.9 Å². The third-order valence-electron chi connectivity index (χ3n) is 3.67. The van der Waals surface area contributed by atoms with Crippen LogP contribution in [0.4, 0.5) is 10.1 Å². The molecule has 1 N–H and O–H groups in total. The summed E-state index contributed by atoms with van der Waals surface area (Å²) in [5, 5.41) is 3.34. The molecule has 0 heterocycles. The van der Waals surface area contributed by atoms with E-state index in [2.05, 4.69) is 32.3 Å². The molecule has 2 nitrogen and oxygen atoms in total. The van der Waals surface area contributed by atoms with Crippen LogP contribution in [0, 0.1) is 11.7 Å². The summed E-state index contributed by atoms with van der Waals surface area (Å²) < 4.78 is 14.3. The number of anilines is 1. The molecule has 1 atom stereocenters. The fourth-order valence-corrected chi connectivity index (χ4v) is 2.75. The van der Waals surface area contributed by atoms with E-state index < -0.39 is 0 Å². The molecule has 0 amide bonds. The Hall–Kier alpha value is -0.740. The predicted octanol–water partition coefficient (Wildman–Crippen LogP) is 4.15. The first-order valence-corrected chi connectivity index (χ1v) is 9.06. The van der Waals surface area contributed by atoms with Gasteiger partial charge in [-0.05, 0) is 55.5 Å². The molecule has 0 fully saturated rings. The molecule has 0 radical (unpaired) electrons. The van der Waals surface area contributed by atoms with E-state index in [0.717, 1.165) is 30.8 Å². The van der Waals surface area contributed by atoms with Gasteiger partial charge in [-0.3, -0.25) is 0 Å². The first-order valence-electron chi connectivity index (χ1n) is 7.66. The Morgan fingerprint density at radius 1 is 1.29 bits per heavy atom. The highest BCUT2D eigenvalue weighted by atomic mass is 32.2. The molecular weight excluding hydrogens is 283 g/mol. The summed E-state index contributed by atoms with van der Waals surface area (Å²) >= 11 is 1.83. The van der Waals surface area contributed by atoms with Crippen molar-refractivity contribution in [1.29, 1.82) is 0 Å². The Balaban J connectivity index is 2.64. The van der Waals surface area contributed by atoms with Crippen LogP contribution in [0.3, 0.4) is 0 Å². The third kappa shape index (κ3) is 6.27. The molecule has 0 aliphatic carbocycles. The lowest BCUT2D eigenvalue weighted by Gasteiger charge is -2.27. The molecule has 1 rings (SSSR count). The monoisotopic (exact) mass is 312 g/mol. The molecule has 0 aliphatic heterocycles. The Morgan fingerprint density at radius 3 is 2.57 bits per heavy atom. The maximum absolute atomic E-state index is 14.3. The fraction of sp³-hybridized carbons (Fsp3) is 0.647. The van der Waals surface area contributed by atoms with Gasteiger partial charge < -0.3 is 10.2 Å². The normalized spacial score (nSPS) is 12.7. The number of thioether (sulfide) groups is 1. The van der Waals surface area contributed by atoms with E-state index in [9.17, 15) is 4.39 Å². The Morgan fingerprint density at radius 2 is 2.00 bits per heavy atom. The van der Waals surface area contributed by atoms with Crippen LogP contribution in [0.5, 0.6) is 0 Å². The molecule has 1 aromatic carbocycles. The van der Waals surface area contributed by atoms with Crippen molar-refractivity contribution in [3.8, 4) is 0 Å². The van der Waals surface area contributed by atoms with Crippen LogP contribution in [0.1, 0.15) is 32.8 Å². The van der Waals surface area contributed by atoms with Gasteiger partial charge >= 0.3 is 0 Å². The molecule has 0 bridgehead atoms. The van der Waals surface area contributed by atoms with Crippen molar-refractivity contribution >= 4 is 17.4 Å². The van der Waals surface area contributed by atoms with Crippen LogP contribution < -0.4 is 10.2 Å². The first-order chi connectivity index (χ1) is 9.95. The van der Waals surface area contributed by atoms with Crippen molar-refractivity contribution in [1.82, 2.24) is 5.32 Å². The third-order valence-corrected chi connectivity index (χ3v) is 4.32. The molecular formula is C17H29FN2S. The van der Waals surface area contributed by atoms with Gasteiger partial charge in [0.2, 0.25) is 0 Å². The van der Waals surface area contributed by atoms with Gasteiger partial charge in [-0.2, -0.15) is 11.8 Å². The van der Waals surface area contributed by atoms with Gasteiger partial charge in [0.05, 0.1) is 5.69 Å². The molecule has 0 saturated carbocycles. The molecule has 1 aromatic rings. The van der Waals surface area contributed by atoms with E-state index in [1.54, 1.807) is 6.07 Å². The standard InChI is InChI=1S/C17H29FN2S/c1-13(2)11-19-12-15-6-7-17(16(18)10-15)20(4)14(3)8-9-21-5/h6-7,10,13-14,19H,8-9,11-12H2,1-5H3. The fourth-order valence-electron chi connectivity index (χ4n) is 2.17. The van der Waals surface area contributed by atoms with Crippen molar-refractivity contribution in [2.24, 2.45) is 5.92 Å². The molecule has 0 spiro atoms. The zero-order valence-corrected chi connectivity index (χ0v) is 14.8. The number of hydrogen-bond donors (Lipinski definition) is 1. The first kappa shape index (κ1) is 18.3. The lowest BCUT2D eigenvalue weighted by Crippen LogP contribution is -2.30. The average Bonchev–Trinajstić information content (AvgIpc) is 2.43. The van der Waals surface area contributed by atoms with E-state index in [0.29, 0.717) is 17.6 Å². The number of nitrogens with one attached hydrogen (secondary N) is 1. The van der Waals surface area contributed by atoms with E-state index in [4.69, 9.17) is 0 Å². The zero-order chi connectivity index (χ0) is 15.8. The lowest BCUT2D eigenvalue weighted by atomic mass is 10.1. The van der Waals surface area contributed by atoms with Crippen LogP contribution in [0.15, 0.2) is 18.2 Å². The molecule has 1 unspecified atom stereocenters. The predicted molar refractivity (Wildman–Crippen MR) is 93.8 cm³/mol. The van der Waals surface area contributed by atoms with Crippen LogP contribution in [-0.2, 0) is 6.54 Å². The van der Waals surface area contributed by atoms with Crippen LogP contribution in [-0.4, -0.2) is 31.6 Å². The number of rotatable bonds is 9. The zero-order valence-electron chi connectivity index (χ0n) is 13.9. The summed E-state index contributed by atoms with van der Waals surface area (Å²) in [5.41, 5.74) is 1.69. The SMILES string of the molecule is CSCCC(C)N(C)c1ccc(CNCC(C)C)cc1F. The molecule has 21 heavy (non-hydrogen) atoms. The second-order valence-electron chi connectivity index (χ2n) is 6.05. The maximum Gasteiger partial charge on any atom is 0.146 e. The minimum absolute atomic E-state index is 0.127. The van der Waals surface area contributed by atoms with Gasteiger partial charge in [0.1, 0.15) is 5.82 Å². The topological polar surface area (TPSA) is 15.3 Å². The summed E-state index contributed by atoms with van der Waals surface area (Å²) in [4.78, 5) is 2.04. The molecule has 0 saturated heterocycles. The van der Waals surface area contributed by atoms with E-state index in [1.165, 1.54) is 0 Å². The smallest absolute Gasteiger partial charge is 0.146 e. The minimum atomic E-state index is -0.127. The second-order valence-corrected chi connectivity index (χ2v) is 7.04. The molecule has 120 valence electrons. The maximum atomic E-state index is 14.3. The minimum Gasteiger partial charge on any atom is -0.369 e. The number of hydrogen-bond acceptors (Lipinski definition) is 3. The summed E-state index contributed by atoms with van der Waals surface area (Å²) in [6.07, 6.45) is 3.17. The lowest BCUT2D eigenvalue weighted by molar-refractivity contribution is 0.549. The quantitative estimate of drug-likeness (QED) is 0.737. The second kappa shape index (κ2) is 9.31. The largest absolute Gasteiger partial charge is 0.369 e. The molecule has 0 aromatic heterocycles. The molecule has 4 heteroatoms. The highest BCUT2D eigenvalue weighted by Gasteiger charge is 2.14. The highest BCUT2D eigenvalue weighted by molar-refractivity contribution is 7.98. The van der Waals surface area contributed by atoms with E-state index in [1.807, 2.05) is 35.8 Å². The highest BCUT2D eigenvalue weighted by Crippen LogP contribution is 2.22. The number of halogens is 1. The van der Waals surface area contributed by atoms with Crippen molar-refractivity contribution < 1.29 is 4.39 Å². The van der Waals surface area contributed by atoms with Crippen LogP contribution in [0.25, 0.3) is 0 Å². The Labute approximate surface area is 133 Å². The van der Waals surface area contributed by atoms with E-state index in [-0.39, 0.29) is 5.82 Å². The van der Waals surface area contributed by atoms with Crippen molar-refractivity contribution in [3.05, 3.63) is 29.6 Å². The van der Waals surface area contributed by atoms with Gasteiger partial charge in [-0.25, -0.2) is 4.39 Å². The van der Waals surface area contributed by atoms with Crippen molar-refractivity contribution in [3.63, 3.8) is 0 Å². The Kier molecular flexibility index (Phi) is 8.12.